The van der Waals surface area contributed by atoms with E-state index in [1.54, 1.807) is 18.2 Å². The van der Waals surface area contributed by atoms with Crippen molar-refractivity contribution in [2.75, 3.05) is 6.54 Å². The first kappa shape index (κ1) is 15.8. The van der Waals surface area contributed by atoms with E-state index in [0.717, 1.165) is 22.2 Å². The monoisotopic (exact) mass is 331 g/mol. The van der Waals surface area contributed by atoms with Crippen LogP contribution in [0.5, 0.6) is 0 Å². The molecule has 1 heterocycles. The highest BCUT2D eigenvalue weighted by atomic mass is 35.5. The largest absolute Gasteiger partial charge is 0.310 e. The molecule has 2 rings (SSSR count). The van der Waals surface area contributed by atoms with Gasteiger partial charge in [-0.05, 0) is 31.2 Å². The molecule has 20 heavy (non-hydrogen) atoms. The lowest BCUT2D eigenvalue weighted by atomic mass is 10.0. The molecule has 0 radical (unpaired) electrons. The van der Waals surface area contributed by atoms with Gasteiger partial charge in [-0.3, -0.25) is 0 Å². The average Bonchev–Trinajstić information content (AvgIpc) is 2.83. The van der Waals surface area contributed by atoms with Crippen LogP contribution in [0.3, 0.4) is 0 Å². The van der Waals surface area contributed by atoms with Gasteiger partial charge in [0.05, 0.1) is 9.36 Å². The Hall–Kier alpha value is -0.610. The van der Waals surface area contributed by atoms with Crippen molar-refractivity contribution in [1.82, 2.24) is 5.32 Å². The zero-order chi connectivity index (χ0) is 14.5. The Morgan fingerprint density at radius 2 is 2.05 bits per heavy atom. The minimum Gasteiger partial charge on any atom is -0.310 e. The number of benzene rings is 1. The lowest BCUT2D eigenvalue weighted by molar-refractivity contribution is 0.499. The van der Waals surface area contributed by atoms with Crippen LogP contribution in [0.4, 0.5) is 4.39 Å². The van der Waals surface area contributed by atoms with Gasteiger partial charge in [-0.15, -0.1) is 11.3 Å². The summed E-state index contributed by atoms with van der Waals surface area (Å²) in [6.07, 6.45) is 1.69. The van der Waals surface area contributed by atoms with Crippen molar-refractivity contribution in [3.63, 3.8) is 0 Å². The van der Waals surface area contributed by atoms with Crippen LogP contribution in [-0.2, 0) is 6.42 Å². The molecule has 1 aromatic heterocycles. The van der Waals surface area contributed by atoms with Gasteiger partial charge >= 0.3 is 0 Å². The van der Waals surface area contributed by atoms with Crippen LogP contribution in [0.1, 0.15) is 29.8 Å². The molecule has 0 aliphatic heterocycles. The van der Waals surface area contributed by atoms with Crippen molar-refractivity contribution < 1.29 is 4.39 Å². The minimum atomic E-state index is -0.342. The van der Waals surface area contributed by atoms with Crippen LogP contribution >= 0.6 is 34.5 Å². The molecule has 1 nitrogen and oxygen atoms in total. The second kappa shape index (κ2) is 7.41. The van der Waals surface area contributed by atoms with Crippen molar-refractivity contribution >= 4 is 34.5 Å². The van der Waals surface area contributed by atoms with Crippen LogP contribution in [0.15, 0.2) is 30.3 Å². The molecule has 2 aromatic rings. The summed E-state index contributed by atoms with van der Waals surface area (Å²) < 4.78 is 14.9. The molecule has 0 bridgehead atoms. The molecular weight excluding hydrogens is 316 g/mol. The Kier molecular flexibility index (Phi) is 5.85. The Balaban J connectivity index is 2.24. The van der Waals surface area contributed by atoms with Gasteiger partial charge in [0.25, 0.3) is 0 Å². The summed E-state index contributed by atoms with van der Waals surface area (Å²) in [6, 6.07) is 8.89. The number of hydrogen-bond donors (Lipinski definition) is 1. The molecule has 1 aromatic carbocycles. The van der Waals surface area contributed by atoms with Gasteiger partial charge in [0.15, 0.2) is 0 Å². The predicted octanol–water partition coefficient (Wildman–Crippen LogP) is 5.48. The van der Waals surface area contributed by atoms with Gasteiger partial charge in [-0.2, -0.15) is 0 Å². The van der Waals surface area contributed by atoms with E-state index in [1.165, 1.54) is 11.3 Å². The molecule has 108 valence electrons. The van der Waals surface area contributed by atoms with E-state index >= 15 is 0 Å². The highest BCUT2D eigenvalue weighted by Crippen LogP contribution is 2.29. The van der Waals surface area contributed by atoms with Crippen LogP contribution in [0, 0.1) is 5.82 Å². The topological polar surface area (TPSA) is 12.0 Å². The number of hydrogen-bond acceptors (Lipinski definition) is 2. The summed E-state index contributed by atoms with van der Waals surface area (Å²) in [5.74, 6) is -0.342. The maximum Gasteiger partial charge on any atom is 0.146 e. The van der Waals surface area contributed by atoms with E-state index in [1.807, 2.05) is 12.1 Å². The van der Waals surface area contributed by atoms with Crippen LogP contribution < -0.4 is 5.32 Å². The van der Waals surface area contributed by atoms with Crippen molar-refractivity contribution in [2.45, 2.75) is 25.8 Å². The van der Waals surface area contributed by atoms with Gasteiger partial charge in [0.1, 0.15) is 5.82 Å². The number of rotatable bonds is 6. The molecule has 0 saturated carbocycles. The fourth-order valence-electron chi connectivity index (χ4n) is 2.06. The summed E-state index contributed by atoms with van der Waals surface area (Å²) >= 11 is 13.4. The second-order valence-electron chi connectivity index (χ2n) is 4.56. The van der Waals surface area contributed by atoms with E-state index in [2.05, 4.69) is 12.2 Å². The first-order valence-corrected chi connectivity index (χ1v) is 8.10. The molecule has 0 spiro atoms. The van der Waals surface area contributed by atoms with E-state index in [4.69, 9.17) is 23.2 Å². The first-order chi connectivity index (χ1) is 9.61. The summed E-state index contributed by atoms with van der Waals surface area (Å²) in [6.45, 7) is 2.91. The molecular formula is C15H16Cl2FNS. The van der Waals surface area contributed by atoms with Crippen molar-refractivity contribution in [3.8, 4) is 0 Å². The van der Waals surface area contributed by atoms with Gasteiger partial charge < -0.3 is 5.32 Å². The SMILES string of the molecule is CCCNC(Cc1ccc(Cl)s1)c1cccc(Cl)c1F. The lowest BCUT2D eigenvalue weighted by Crippen LogP contribution is -2.24. The maximum atomic E-state index is 14.2. The highest BCUT2D eigenvalue weighted by molar-refractivity contribution is 7.16. The molecule has 0 saturated heterocycles. The first-order valence-electron chi connectivity index (χ1n) is 6.53. The van der Waals surface area contributed by atoms with Gasteiger partial charge in [0, 0.05) is 22.9 Å². The standard InChI is InChI=1S/C15H16Cl2FNS/c1-2-8-19-13(9-10-6-7-14(17)20-10)11-4-3-5-12(16)15(11)18/h3-7,13,19H,2,8-9H2,1H3. The maximum absolute atomic E-state index is 14.2. The fraction of sp³-hybridized carbons (Fsp3) is 0.333. The summed E-state index contributed by atoms with van der Waals surface area (Å²) in [5.41, 5.74) is 0.607. The Morgan fingerprint density at radius 3 is 2.70 bits per heavy atom. The van der Waals surface area contributed by atoms with Crippen molar-refractivity contribution in [2.24, 2.45) is 0 Å². The van der Waals surface area contributed by atoms with Crippen LogP contribution in [0.25, 0.3) is 0 Å². The Morgan fingerprint density at radius 1 is 1.25 bits per heavy atom. The quantitative estimate of drug-likeness (QED) is 0.739. The fourth-order valence-corrected chi connectivity index (χ4v) is 3.38. The second-order valence-corrected chi connectivity index (χ2v) is 6.77. The van der Waals surface area contributed by atoms with Crippen LogP contribution in [0.2, 0.25) is 9.36 Å². The van der Waals surface area contributed by atoms with E-state index in [0.29, 0.717) is 12.0 Å². The third-order valence-electron chi connectivity index (χ3n) is 3.03. The van der Waals surface area contributed by atoms with Gasteiger partial charge in [-0.1, -0.05) is 42.3 Å². The highest BCUT2D eigenvalue weighted by Gasteiger charge is 2.18. The van der Waals surface area contributed by atoms with Crippen molar-refractivity contribution in [1.29, 1.82) is 0 Å². The van der Waals surface area contributed by atoms with E-state index < -0.39 is 0 Å². The number of thiophene rings is 1. The number of nitrogens with one attached hydrogen (secondary N) is 1. The van der Waals surface area contributed by atoms with Crippen LogP contribution in [-0.4, -0.2) is 6.54 Å². The van der Waals surface area contributed by atoms with Gasteiger partial charge in [0.2, 0.25) is 0 Å². The molecule has 5 heteroatoms. The molecule has 1 N–H and O–H groups in total. The predicted molar refractivity (Wildman–Crippen MR) is 85.5 cm³/mol. The zero-order valence-corrected chi connectivity index (χ0v) is 13.5. The summed E-state index contributed by atoms with van der Waals surface area (Å²) in [7, 11) is 0. The normalized spacial score (nSPS) is 12.6. The molecule has 0 amide bonds. The Labute approximate surface area is 132 Å². The molecule has 1 unspecified atom stereocenters. The molecule has 0 aliphatic carbocycles. The minimum absolute atomic E-state index is 0.0941. The third kappa shape index (κ3) is 3.95. The molecule has 1 atom stereocenters. The summed E-state index contributed by atoms with van der Waals surface area (Å²) in [5, 5.41) is 3.54. The molecule has 0 aliphatic rings. The third-order valence-corrected chi connectivity index (χ3v) is 4.58. The van der Waals surface area contributed by atoms with E-state index in [-0.39, 0.29) is 16.9 Å². The Bertz CT molecular complexity index is 571. The smallest absolute Gasteiger partial charge is 0.146 e. The van der Waals surface area contributed by atoms with Crippen molar-refractivity contribution in [3.05, 3.63) is 55.9 Å². The van der Waals surface area contributed by atoms with E-state index in [9.17, 15) is 4.39 Å². The van der Waals surface area contributed by atoms with Gasteiger partial charge in [-0.25, -0.2) is 4.39 Å². The average molecular weight is 332 g/mol. The summed E-state index contributed by atoms with van der Waals surface area (Å²) in [4.78, 5) is 1.13. The zero-order valence-electron chi connectivity index (χ0n) is 11.1. The molecule has 0 fully saturated rings. The lowest BCUT2D eigenvalue weighted by Gasteiger charge is -2.19. The number of halogens is 3.